The zero-order valence-electron chi connectivity index (χ0n) is 16.0. The first-order valence-corrected chi connectivity index (χ1v) is 8.75. The van der Waals surface area contributed by atoms with E-state index in [4.69, 9.17) is 4.74 Å². The Bertz CT molecular complexity index is 861. The second-order valence-electron chi connectivity index (χ2n) is 6.19. The van der Waals surface area contributed by atoms with E-state index in [0.29, 0.717) is 17.7 Å². The van der Waals surface area contributed by atoms with Crippen LogP contribution in [-0.4, -0.2) is 37.5 Å². The lowest BCUT2D eigenvalue weighted by atomic mass is 9.97. The normalized spacial score (nSPS) is 11.4. The molecule has 6 heteroatoms. The van der Waals surface area contributed by atoms with E-state index < -0.39 is 12.0 Å². The first-order valence-electron chi connectivity index (χ1n) is 8.75. The van der Waals surface area contributed by atoms with Crippen molar-refractivity contribution in [3.05, 3.63) is 59.2 Å². The van der Waals surface area contributed by atoms with Crippen LogP contribution in [0.25, 0.3) is 11.1 Å². The summed E-state index contributed by atoms with van der Waals surface area (Å²) in [6.07, 6.45) is 0. The maximum Gasteiger partial charge on any atom is 0.337 e. The number of ether oxygens (including phenoxy) is 1. The summed E-state index contributed by atoms with van der Waals surface area (Å²) in [6, 6.07) is 11.8. The topological polar surface area (TPSA) is 84.5 Å². The van der Waals surface area contributed by atoms with Crippen molar-refractivity contribution in [3.8, 4) is 11.1 Å². The molecule has 0 radical (unpaired) electrons. The van der Waals surface area contributed by atoms with Crippen molar-refractivity contribution in [1.82, 2.24) is 10.6 Å². The van der Waals surface area contributed by atoms with Crippen LogP contribution in [0.1, 0.15) is 40.1 Å². The third-order valence-electron chi connectivity index (χ3n) is 4.18. The van der Waals surface area contributed by atoms with Gasteiger partial charge >= 0.3 is 5.97 Å². The number of rotatable bonds is 6. The summed E-state index contributed by atoms with van der Waals surface area (Å²) >= 11 is 0. The summed E-state index contributed by atoms with van der Waals surface area (Å²) in [5.74, 6) is -0.937. The lowest BCUT2D eigenvalue weighted by Crippen LogP contribution is -2.44. The Hall–Kier alpha value is -3.15. The van der Waals surface area contributed by atoms with Gasteiger partial charge in [-0.05, 0) is 61.7 Å². The van der Waals surface area contributed by atoms with Crippen molar-refractivity contribution >= 4 is 17.8 Å². The molecule has 2 aromatic carbocycles. The number of amides is 2. The highest BCUT2D eigenvalue weighted by atomic mass is 16.5. The molecule has 2 amide bonds. The van der Waals surface area contributed by atoms with Crippen LogP contribution in [0.3, 0.4) is 0 Å². The number of benzene rings is 2. The lowest BCUT2D eigenvalue weighted by molar-refractivity contribution is -0.122. The maximum atomic E-state index is 12.5. The highest BCUT2D eigenvalue weighted by Gasteiger charge is 2.16. The van der Waals surface area contributed by atoms with Crippen LogP contribution in [0.4, 0.5) is 0 Å². The molecule has 2 aromatic rings. The molecule has 0 heterocycles. The van der Waals surface area contributed by atoms with Gasteiger partial charge in [0.05, 0.1) is 12.7 Å². The monoisotopic (exact) mass is 368 g/mol. The average molecular weight is 368 g/mol. The number of methoxy groups -OCH3 is 1. The summed E-state index contributed by atoms with van der Waals surface area (Å²) in [7, 11) is 1.34. The van der Waals surface area contributed by atoms with E-state index in [9.17, 15) is 14.4 Å². The number of hydrogen-bond acceptors (Lipinski definition) is 4. The predicted molar refractivity (Wildman–Crippen MR) is 104 cm³/mol. The summed E-state index contributed by atoms with van der Waals surface area (Å²) in [4.78, 5) is 35.9. The molecule has 0 aromatic heterocycles. The van der Waals surface area contributed by atoms with Crippen molar-refractivity contribution in [2.75, 3.05) is 13.7 Å². The number of esters is 1. The Morgan fingerprint density at radius 3 is 2.44 bits per heavy atom. The molecule has 1 atom stereocenters. The SMILES string of the molecule is CCNC(=O)[C@H](C)NC(=O)c1cccc(-c2ccc(C(=O)OC)cc2C)c1. The molecular weight excluding hydrogens is 344 g/mol. The minimum atomic E-state index is -0.623. The third kappa shape index (κ3) is 4.94. The summed E-state index contributed by atoms with van der Waals surface area (Å²) in [5.41, 5.74) is 3.59. The predicted octanol–water partition coefficient (Wildman–Crippen LogP) is 2.70. The van der Waals surface area contributed by atoms with Gasteiger partial charge in [-0.2, -0.15) is 0 Å². The molecule has 0 bridgehead atoms. The van der Waals surface area contributed by atoms with Crippen LogP contribution in [0.2, 0.25) is 0 Å². The Morgan fingerprint density at radius 2 is 1.81 bits per heavy atom. The number of aryl methyl sites for hydroxylation is 1. The molecule has 0 saturated heterocycles. The first-order chi connectivity index (χ1) is 12.9. The van der Waals surface area contributed by atoms with E-state index in [-0.39, 0.29) is 11.8 Å². The molecule has 0 saturated carbocycles. The molecule has 0 aliphatic heterocycles. The minimum absolute atomic E-state index is 0.226. The molecule has 6 nitrogen and oxygen atoms in total. The molecule has 0 spiro atoms. The van der Waals surface area contributed by atoms with Crippen LogP contribution in [-0.2, 0) is 9.53 Å². The Kier molecular flexibility index (Phi) is 6.71. The van der Waals surface area contributed by atoms with Gasteiger partial charge in [-0.3, -0.25) is 9.59 Å². The second-order valence-corrected chi connectivity index (χ2v) is 6.19. The fraction of sp³-hybridized carbons (Fsp3) is 0.286. The van der Waals surface area contributed by atoms with E-state index in [1.807, 2.05) is 26.0 Å². The molecule has 0 unspecified atom stereocenters. The van der Waals surface area contributed by atoms with Crippen molar-refractivity contribution in [3.63, 3.8) is 0 Å². The Labute approximate surface area is 158 Å². The van der Waals surface area contributed by atoms with Crippen molar-refractivity contribution in [1.29, 1.82) is 0 Å². The van der Waals surface area contributed by atoms with Gasteiger partial charge < -0.3 is 15.4 Å². The maximum absolute atomic E-state index is 12.5. The first kappa shape index (κ1) is 20.2. The second kappa shape index (κ2) is 8.98. The molecule has 142 valence electrons. The number of carbonyl (C=O) groups excluding carboxylic acids is 3. The molecule has 2 rings (SSSR count). The average Bonchev–Trinajstić information content (AvgIpc) is 2.67. The highest BCUT2D eigenvalue weighted by Crippen LogP contribution is 2.25. The van der Waals surface area contributed by atoms with Crippen molar-refractivity contribution in [2.45, 2.75) is 26.8 Å². The quantitative estimate of drug-likeness (QED) is 0.768. The van der Waals surface area contributed by atoms with Crippen molar-refractivity contribution in [2.24, 2.45) is 0 Å². The fourth-order valence-corrected chi connectivity index (χ4v) is 2.73. The number of nitrogens with one attached hydrogen (secondary N) is 2. The molecule has 2 N–H and O–H groups in total. The van der Waals surface area contributed by atoms with Gasteiger partial charge in [-0.25, -0.2) is 4.79 Å². The van der Waals surface area contributed by atoms with Crippen LogP contribution < -0.4 is 10.6 Å². The van der Waals surface area contributed by atoms with Crippen LogP contribution in [0.5, 0.6) is 0 Å². The summed E-state index contributed by atoms with van der Waals surface area (Å²) < 4.78 is 4.74. The van der Waals surface area contributed by atoms with Gasteiger partial charge in [0.2, 0.25) is 5.91 Å². The van der Waals surface area contributed by atoms with E-state index >= 15 is 0 Å². The third-order valence-corrected chi connectivity index (χ3v) is 4.18. The molecule has 27 heavy (non-hydrogen) atoms. The van der Waals surface area contributed by atoms with E-state index in [1.165, 1.54) is 7.11 Å². The fourth-order valence-electron chi connectivity index (χ4n) is 2.73. The summed E-state index contributed by atoms with van der Waals surface area (Å²) in [5, 5.41) is 5.37. The van der Waals surface area contributed by atoms with Gasteiger partial charge in [0.15, 0.2) is 0 Å². The van der Waals surface area contributed by atoms with Crippen LogP contribution in [0.15, 0.2) is 42.5 Å². The minimum Gasteiger partial charge on any atom is -0.465 e. The number of likely N-dealkylation sites (N-methyl/N-ethyl adjacent to an activating group) is 1. The lowest BCUT2D eigenvalue weighted by Gasteiger charge is -2.14. The zero-order chi connectivity index (χ0) is 20.0. The largest absolute Gasteiger partial charge is 0.465 e. The van der Waals surface area contributed by atoms with Gasteiger partial charge in [0.1, 0.15) is 6.04 Å². The summed E-state index contributed by atoms with van der Waals surface area (Å²) in [6.45, 7) is 5.87. The number of hydrogen-bond donors (Lipinski definition) is 2. The molecule has 0 aliphatic carbocycles. The molecule has 0 aliphatic rings. The molecular formula is C21H24N2O4. The highest BCUT2D eigenvalue weighted by molar-refractivity contribution is 5.98. The van der Waals surface area contributed by atoms with E-state index in [1.54, 1.807) is 37.3 Å². The van der Waals surface area contributed by atoms with Gasteiger partial charge in [0.25, 0.3) is 5.91 Å². The van der Waals surface area contributed by atoms with Crippen molar-refractivity contribution < 1.29 is 19.1 Å². The van der Waals surface area contributed by atoms with E-state index in [2.05, 4.69) is 10.6 Å². The van der Waals surface area contributed by atoms with Gasteiger partial charge in [-0.1, -0.05) is 18.2 Å². The smallest absolute Gasteiger partial charge is 0.337 e. The molecule has 0 fully saturated rings. The zero-order valence-corrected chi connectivity index (χ0v) is 16.0. The van der Waals surface area contributed by atoms with E-state index in [0.717, 1.165) is 16.7 Å². The van der Waals surface area contributed by atoms with Crippen LogP contribution in [0, 0.1) is 6.92 Å². The Morgan fingerprint density at radius 1 is 1.07 bits per heavy atom. The number of carbonyl (C=O) groups is 3. The van der Waals surface area contributed by atoms with Gasteiger partial charge in [-0.15, -0.1) is 0 Å². The standard InChI is InChI=1S/C21H24N2O4/c1-5-22-19(24)14(3)23-20(25)16-8-6-7-15(12-16)18-10-9-17(11-13(18)2)21(26)27-4/h6-12,14H,5H2,1-4H3,(H,22,24)(H,23,25)/t14-/m0/s1. The van der Waals surface area contributed by atoms with Gasteiger partial charge in [0, 0.05) is 12.1 Å². The Balaban J connectivity index is 2.23. The van der Waals surface area contributed by atoms with Crippen LogP contribution >= 0.6 is 0 Å².